The summed E-state index contributed by atoms with van der Waals surface area (Å²) in [4.78, 5) is 8.18. The highest BCUT2D eigenvalue weighted by molar-refractivity contribution is 7.98. The molecule has 0 fully saturated rings. The lowest BCUT2D eigenvalue weighted by atomic mass is 10.4. The van der Waals surface area contributed by atoms with Gasteiger partial charge in [0.2, 0.25) is 0 Å². The van der Waals surface area contributed by atoms with Gasteiger partial charge < -0.3 is 5.32 Å². The van der Waals surface area contributed by atoms with Crippen molar-refractivity contribution in [1.82, 2.24) is 9.97 Å². The standard InChI is InChI=1S/C9H15N3OS2/c1-7(5-15(3)13)12-8-4-9(14-2)11-6-10-8/h4,6-7H,5H2,1-3H3,(H,10,11,12). The SMILES string of the molecule is CSc1cc(NC(C)CS(C)=O)ncn1. The summed E-state index contributed by atoms with van der Waals surface area (Å²) in [5.74, 6) is 1.41. The van der Waals surface area contributed by atoms with Crippen molar-refractivity contribution in [1.29, 1.82) is 0 Å². The second-order valence-corrected chi connectivity index (χ2v) is 5.54. The van der Waals surface area contributed by atoms with Crippen LogP contribution < -0.4 is 5.32 Å². The first-order chi connectivity index (χ1) is 7.11. The molecule has 2 unspecified atom stereocenters. The Kier molecular flexibility index (Phi) is 5.04. The van der Waals surface area contributed by atoms with Crippen molar-refractivity contribution in [2.45, 2.75) is 18.0 Å². The molecule has 0 aliphatic rings. The Bertz CT molecular complexity index is 346. The number of thioether (sulfide) groups is 1. The highest BCUT2D eigenvalue weighted by atomic mass is 32.2. The van der Waals surface area contributed by atoms with E-state index >= 15 is 0 Å². The van der Waals surface area contributed by atoms with E-state index in [0.29, 0.717) is 5.75 Å². The van der Waals surface area contributed by atoms with Crippen molar-refractivity contribution in [2.75, 3.05) is 23.6 Å². The van der Waals surface area contributed by atoms with Crippen LogP contribution in [-0.4, -0.2) is 38.5 Å². The number of anilines is 1. The Labute approximate surface area is 96.7 Å². The molecule has 0 amide bonds. The number of hydrogen-bond donors (Lipinski definition) is 1. The lowest BCUT2D eigenvalue weighted by Crippen LogP contribution is -2.22. The van der Waals surface area contributed by atoms with Gasteiger partial charge in [-0.05, 0) is 13.2 Å². The van der Waals surface area contributed by atoms with Gasteiger partial charge in [0.15, 0.2) is 0 Å². The van der Waals surface area contributed by atoms with E-state index in [4.69, 9.17) is 0 Å². The van der Waals surface area contributed by atoms with Gasteiger partial charge in [-0.25, -0.2) is 9.97 Å². The Morgan fingerprint density at radius 2 is 2.33 bits per heavy atom. The molecule has 0 aliphatic carbocycles. The predicted octanol–water partition coefficient (Wildman–Crippen LogP) is 1.38. The quantitative estimate of drug-likeness (QED) is 0.627. The third kappa shape index (κ3) is 4.61. The predicted molar refractivity (Wildman–Crippen MR) is 65.8 cm³/mol. The molecular weight excluding hydrogens is 230 g/mol. The molecule has 1 aromatic rings. The summed E-state index contributed by atoms with van der Waals surface area (Å²) in [5.41, 5.74) is 0. The zero-order valence-corrected chi connectivity index (χ0v) is 10.7. The summed E-state index contributed by atoms with van der Waals surface area (Å²) < 4.78 is 11.0. The molecule has 1 N–H and O–H groups in total. The largest absolute Gasteiger partial charge is 0.367 e. The first kappa shape index (κ1) is 12.4. The van der Waals surface area contributed by atoms with Crippen LogP contribution in [0.1, 0.15) is 6.92 Å². The van der Waals surface area contributed by atoms with Crippen LogP contribution in [0.25, 0.3) is 0 Å². The Balaban J connectivity index is 2.59. The second-order valence-electron chi connectivity index (χ2n) is 3.23. The smallest absolute Gasteiger partial charge is 0.130 e. The maximum atomic E-state index is 11.0. The van der Waals surface area contributed by atoms with Crippen LogP contribution in [0.2, 0.25) is 0 Å². The van der Waals surface area contributed by atoms with Crippen LogP contribution in [0.3, 0.4) is 0 Å². The summed E-state index contributed by atoms with van der Waals surface area (Å²) in [7, 11) is -0.788. The van der Waals surface area contributed by atoms with Crippen molar-refractivity contribution in [3.63, 3.8) is 0 Å². The summed E-state index contributed by atoms with van der Waals surface area (Å²) in [6.07, 6.45) is 5.20. The van der Waals surface area contributed by atoms with Gasteiger partial charge in [0.25, 0.3) is 0 Å². The molecule has 0 spiro atoms. The number of nitrogens with one attached hydrogen (secondary N) is 1. The van der Waals surface area contributed by atoms with E-state index in [2.05, 4.69) is 15.3 Å². The molecule has 84 valence electrons. The lowest BCUT2D eigenvalue weighted by molar-refractivity contribution is 0.683. The molecule has 1 aromatic heterocycles. The van der Waals surface area contributed by atoms with Crippen molar-refractivity contribution < 1.29 is 4.21 Å². The highest BCUT2D eigenvalue weighted by Gasteiger charge is 2.05. The molecule has 1 rings (SSSR count). The first-order valence-corrected chi connectivity index (χ1v) is 7.49. The molecule has 4 nitrogen and oxygen atoms in total. The Morgan fingerprint density at radius 3 is 2.93 bits per heavy atom. The van der Waals surface area contributed by atoms with Gasteiger partial charge in [0, 0.05) is 34.9 Å². The molecule has 1 heterocycles. The molecule has 0 saturated heterocycles. The molecule has 6 heteroatoms. The lowest BCUT2D eigenvalue weighted by Gasteiger charge is -2.12. The zero-order chi connectivity index (χ0) is 11.3. The zero-order valence-electron chi connectivity index (χ0n) is 9.06. The van der Waals surface area contributed by atoms with E-state index in [1.807, 2.05) is 19.2 Å². The van der Waals surface area contributed by atoms with Crippen LogP contribution >= 0.6 is 11.8 Å². The topological polar surface area (TPSA) is 54.9 Å². The van der Waals surface area contributed by atoms with Crippen molar-refractivity contribution in [3.05, 3.63) is 12.4 Å². The van der Waals surface area contributed by atoms with E-state index in [9.17, 15) is 4.21 Å². The summed E-state index contributed by atoms with van der Waals surface area (Å²) in [6.45, 7) is 1.99. The van der Waals surface area contributed by atoms with Crippen molar-refractivity contribution in [2.24, 2.45) is 0 Å². The molecule has 0 saturated carbocycles. The van der Waals surface area contributed by atoms with Gasteiger partial charge in [-0.1, -0.05) is 0 Å². The summed E-state index contributed by atoms with van der Waals surface area (Å²) in [6, 6.07) is 2.04. The van der Waals surface area contributed by atoms with E-state index in [1.165, 1.54) is 6.33 Å². The number of aromatic nitrogens is 2. The Hall–Kier alpha value is -0.620. The summed E-state index contributed by atoms with van der Waals surface area (Å²) in [5, 5.41) is 4.12. The molecule has 0 aliphatic heterocycles. The van der Waals surface area contributed by atoms with Crippen LogP contribution in [0.15, 0.2) is 17.4 Å². The van der Waals surface area contributed by atoms with Crippen molar-refractivity contribution >= 4 is 28.4 Å². The van der Waals surface area contributed by atoms with E-state index < -0.39 is 10.8 Å². The monoisotopic (exact) mass is 245 g/mol. The van der Waals surface area contributed by atoms with Gasteiger partial charge in [0.1, 0.15) is 17.2 Å². The highest BCUT2D eigenvalue weighted by Crippen LogP contribution is 2.14. The normalized spacial score (nSPS) is 14.6. The van der Waals surface area contributed by atoms with Crippen LogP contribution in [-0.2, 0) is 10.8 Å². The fraction of sp³-hybridized carbons (Fsp3) is 0.556. The molecule has 0 aromatic carbocycles. The maximum Gasteiger partial charge on any atom is 0.130 e. The number of hydrogen-bond acceptors (Lipinski definition) is 5. The number of nitrogens with zero attached hydrogens (tertiary/aromatic N) is 2. The van der Waals surface area contributed by atoms with E-state index in [-0.39, 0.29) is 6.04 Å². The van der Waals surface area contributed by atoms with Gasteiger partial charge >= 0.3 is 0 Å². The minimum Gasteiger partial charge on any atom is -0.367 e. The average molecular weight is 245 g/mol. The van der Waals surface area contributed by atoms with E-state index in [0.717, 1.165) is 10.8 Å². The van der Waals surface area contributed by atoms with Crippen LogP contribution in [0.4, 0.5) is 5.82 Å². The van der Waals surface area contributed by atoms with E-state index in [1.54, 1.807) is 18.0 Å². The molecule has 0 bridgehead atoms. The molecular formula is C9H15N3OS2. The van der Waals surface area contributed by atoms with Crippen LogP contribution in [0, 0.1) is 0 Å². The Morgan fingerprint density at radius 1 is 1.60 bits per heavy atom. The minimum absolute atomic E-state index is 0.153. The first-order valence-electron chi connectivity index (χ1n) is 4.54. The minimum atomic E-state index is -0.788. The second kappa shape index (κ2) is 6.07. The number of rotatable bonds is 5. The van der Waals surface area contributed by atoms with Gasteiger partial charge in [-0.15, -0.1) is 11.8 Å². The third-order valence-corrected chi connectivity index (χ3v) is 3.34. The fourth-order valence-electron chi connectivity index (χ4n) is 1.18. The van der Waals surface area contributed by atoms with Gasteiger partial charge in [-0.2, -0.15) is 0 Å². The third-order valence-electron chi connectivity index (χ3n) is 1.73. The van der Waals surface area contributed by atoms with Gasteiger partial charge in [-0.3, -0.25) is 4.21 Å². The maximum absolute atomic E-state index is 11.0. The molecule has 15 heavy (non-hydrogen) atoms. The molecule has 2 atom stereocenters. The average Bonchev–Trinajstić information content (AvgIpc) is 2.16. The fourth-order valence-corrected chi connectivity index (χ4v) is 2.35. The summed E-state index contributed by atoms with van der Waals surface area (Å²) >= 11 is 1.57. The molecule has 0 radical (unpaired) electrons. The van der Waals surface area contributed by atoms with Crippen LogP contribution in [0.5, 0.6) is 0 Å². The van der Waals surface area contributed by atoms with Crippen molar-refractivity contribution in [3.8, 4) is 0 Å². The van der Waals surface area contributed by atoms with Gasteiger partial charge in [0.05, 0.1) is 0 Å².